The number of aromatic nitrogens is 5. The molecule has 0 fully saturated rings. The van der Waals surface area contributed by atoms with Crippen molar-refractivity contribution in [3.63, 3.8) is 0 Å². The van der Waals surface area contributed by atoms with E-state index in [0.717, 1.165) is 28.1 Å². The first-order valence-electron chi connectivity index (χ1n) is 8.95. The molecule has 142 valence electrons. The summed E-state index contributed by atoms with van der Waals surface area (Å²) in [5.74, 6) is 1.22. The number of hydrogen-bond donors (Lipinski definition) is 2. The highest BCUT2D eigenvalue weighted by Gasteiger charge is 2.13. The van der Waals surface area contributed by atoms with Gasteiger partial charge in [-0.25, -0.2) is 14.6 Å². The van der Waals surface area contributed by atoms with Gasteiger partial charge in [0.2, 0.25) is 5.91 Å². The summed E-state index contributed by atoms with van der Waals surface area (Å²) >= 11 is 1.55. The van der Waals surface area contributed by atoms with Crippen LogP contribution in [0.1, 0.15) is 23.6 Å². The summed E-state index contributed by atoms with van der Waals surface area (Å²) in [5.41, 5.74) is 3.83. The lowest BCUT2D eigenvalue weighted by Gasteiger charge is -2.09. The number of para-hydroxylation sites is 2. The molecule has 2 aromatic heterocycles. The van der Waals surface area contributed by atoms with Gasteiger partial charge < -0.3 is 10.3 Å². The number of benzene rings is 2. The standard InChI is InChI=1S/C20H20N6OS/c1-14(20-24-17-4-2-3-5-18(17)25-20)28-11-19(27)23-16-8-6-15(7-9-16)10-26-13-21-12-22-26/h2-9,12-14H,10-11H2,1H3,(H,23,27)(H,24,25). The topological polar surface area (TPSA) is 88.5 Å². The lowest BCUT2D eigenvalue weighted by atomic mass is 10.2. The molecular formula is C20H20N6OS. The maximum Gasteiger partial charge on any atom is 0.234 e. The van der Waals surface area contributed by atoms with Gasteiger partial charge in [0.1, 0.15) is 18.5 Å². The number of anilines is 1. The van der Waals surface area contributed by atoms with Crippen LogP contribution >= 0.6 is 11.8 Å². The molecule has 0 saturated heterocycles. The van der Waals surface area contributed by atoms with Gasteiger partial charge in [-0.1, -0.05) is 24.3 Å². The van der Waals surface area contributed by atoms with Gasteiger partial charge in [-0.15, -0.1) is 11.8 Å². The zero-order valence-electron chi connectivity index (χ0n) is 15.4. The third-order valence-corrected chi connectivity index (χ3v) is 5.46. The molecule has 4 rings (SSSR count). The van der Waals surface area contributed by atoms with Crippen LogP contribution in [0.4, 0.5) is 5.69 Å². The second-order valence-corrected chi connectivity index (χ2v) is 7.76. The van der Waals surface area contributed by atoms with Crippen LogP contribution in [0.2, 0.25) is 0 Å². The molecule has 4 aromatic rings. The largest absolute Gasteiger partial charge is 0.341 e. The van der Waals surface area contributed by atoms with Crippen molar-refractivity contribution in [2.75, 3.05) is 11.1 Å². The van der Waals surface area contributed by atoms with E-state index in [2.05, 4.69) is 32.3 Å². The smallest absolute Gasteiger partial charge is 0.234 e. The molecular weight excluding hydrogens is 372 g/mol. The van der Waals surface area contributed by atoms with Gasteiger partial charge in [0.15, 0.2) is 0 Å². The van der Waals surface area contributed by atoms with Crippen molar-refractivity contribution in [1.82, 2.24) is 24.7 Å². The number of aromatic amines is 1. The van der Waals surface area contributed by atoms with Crippen molar-refractivity contribution in [3.8, 4) is 0 Å². The zero-order valence-corrected chi connectivity index (χ0v) is 16.2. The van der Waals surface area contributed by atoms with Crippen LogP contribution in [0, 0.1) is 0 Å². The summed E-state index contributed by atoms with van der Waals surface area (Å²) in [6.07, 6.45) is 3.19. The highest BCUT2D eigenvalue weighted by Crippen LogP contribution is 2.27. The van der Waals surface area contributed by atoms with Crippen molar-refractivity contribution in [2.45, 2.75) is 18.7 Å². The first-order chi connectivity index (χ1) is 13.7. The molecule has 0 bridgehead atoms. The predicted octanol–water partition coefficient (Wildman–Crippen LogP) is 3.64. The van der Waals surface area contributed by atoms with Crippen LogP contribution in [-0.2, 0) is 11.3 Å². The molecule has 0 saturated carbocycles. The first-order valence-corrected chi connectivity index (χ1v) is 10.00. The van der Waals surface area contributed by atoms with Gasteiger partial charge in [0.05, 0.1) is 28.6 Å². The van der Waals surface area contributed by atoms with Crippen LogP contribution in [-0.4, -0.2) is 36.4 Å². The molecule has 2 N–H and O–H groups in total. The van der Waals surface area contributed by atoms with Gasteiger partial charge in [0, 0.05) is 5.69 Å². The summed E-state index contributed by atoms with van der Waals surface area (Å²) in [4.78, 5) is 24.1. The summed E-state index contributed by atoms with van der Waals surface area (Å²) in [6, 6.07) is 15.7. The van der Waals surface area contributed by atoms with Crippen molar-refractivity contribution < 1.29 is 4.79 Å². The van der Waals surface area contributed by atoms with Gasteiger partial charge in [0.25, 0.3) is 0 Å². The Kier molecular flexibility index (Phi) is 5.38. The normalized spacial score (nSPS) is 12.2. The van der Waals surface area contributed by atoms with Crippen molar-refractivity contribution in [1.29, 1.82) is 0 Å². The Labute approximate surface area is 166 Å². The van der Waals surface area contributed by atoms with E-state index >= 15 is 0 Å². The Bertz CT molecular complexity index is 1020. The van der Waals surface area contributed by atoms with Crippen LogP contribution in [0.3, 0.4) is 0 Å². The third kappa shape index (κ3) is 4.40. The Morgan fingerprint density at radius 2 is 2.04 bits per heavy atom. The van der Waals surface area contributed by atoms with E-state index in [4.69, 9.17) is 0 Å². The second-order valence-electron chi connectivity index (χ2n) is 6.43. The maximum absolute atomic E-state index is 12.3. The molecule has 7 nitrogen and oxygen atoms in total. The number of fused-ring (bicyclic) bond motifs is 1. The predicted molar refractivity (Wildman–Crippen MR) is 111 cm³/mol. The maximum atomic E-state index is 12.3. The van der Waals surface area contributed by atoms with E-state index in [1.54, 1.807) is 22.8 Å². The number of nitrogens with one attached hydrogen (secondary N) is 2. The van der Waals surface area contributed by atoms with E-state index < -0.39 is 0 Å². The Morgan fingerprint density at radius 1 is 1.21 bits per heavy atom. The van der Waals surface area contributed by atoms with Gasteiger partial charge in [-0.3, -0.25) is 4.79 Å². The van der Waals surface area contributed by atoms with Gasteiger partial charge >= 0.3 is 0 Å². The Balaban J connectivity index is 1.29. The minimum atomic E-state index is -0.0306. The van der Waals surface area contributed by atoms with E-state index in [-0.39, 0.29) is 11.2 Å². The lowest BCUT2D eigenvalue weighted by Crippen LogP contribution is -2.15. The minimum Gasteiger partial charge on any atom is -0.341 e. The molecule has 0 aliphatic heterocycles. The fraction of sp³-hybridized carbons (Fsp3) is 0.200. The molecule has 1 unspecified atom stereocenters. The van der Waals surface area contributed by atoms with Crippen LogP contribution < -0.4 is 5.32 Å². The molecule has 0 spiro atoms. The van der Waals surface area contributed by atoms with Crippen molar-refractivity contribution in [2.24, 2.45) is 0 Å². The Morgan fingerprint density at radius 3 is 2.79 bits per heavy atom. The van der Waals surface area contributed by atoms with Crippen molar-refractivity contribution in [3.05, 3.63) is 72.6 Å². The summed E-state index contributed by atoms with van der Waals surface area (Å²) in [7, 11) is 0. The molecule has 0 aliphatic carbocycles. The Hall–Kier alpha value is -3.13. The summed E-state index contributed by atoms with van der Waals surface area (Å²) in [6.45, 7) is 2.70. The fourth-order valence-corrected chi connectivity index (χ4v) is 3.58. The van der Waals surface area contributed by atoms with Crippen LogP contribution in [0.15, 0.2) is 61.2 Å². The van der Waals surface area contributed by atoms with Crippen molar-refractivity contribution >= 4 is 34.4 Å². The molecule has 28 heavy (non-hydrogen) atoms. The second kappa shape index (κ2) is 8.26. The zero-order chi connectivity index (χ0) is 19.3. The number of imidazole rings is 1. The first kappa shape index (κ1) is 18.2. The number of nitrogens with zero attached hydrogens (tertiary/aromatic N) is 4. The van der Waals surface area contributed by atoms with Gasteiger partial charge in [-0.2, -0.15) is 5.10 Å². The quantitative estimate of drug-likeness (QED) is 0.501. The van der Waals surface area contributed by atoms with E-state index in [1.165, 1.54) is 6.33 Å². The molecule has 1 amide bonds. The molecule has 0 aliphatic rings. The number of carbonyl (C=O) groups is 1. The number of carbonyl (C=O) groups excluding carboxylic acids is 1. The lowest BCUT2D eigenvalue weighted by molar-refractivity contribution is -0.113. The van der Waals surface area contributed by atoms with E-state index in [9.17, 15) is 4.79 Å². The summed E-state index contributed by atoms with van der Waals surface area (Å²) in [5, 5.41) is 7.12. The average molecular weight is 392 g/mol. The fourth-order valence-electron chi connectivity index (χ4n) is 2.84. The monoisotopic (exact) mass is 392 g/mol. The third-order valence-electron chi connectivity index (χ3n) is 4.31. The molecule has 2 heterocycles. The SMILES string of the molecule is CC(SCC(=O)Nc1ccc(Cn2cncn2)cc1)c1nc2ccccc2[nH]1. The number of hydrogen-bond acceptors (Lipinski definition) is 5. The minimum absolute atomic E-state index is 0.0306. The average Bonchev–Trinajstić information content (AvgIpc) is 3.37. The molecule has 2 aromatic carbocycles. The molecule has 8 heteroatoms. The number of rotatable bonds is 7. The highest BCUT2D eigenvalue weighted by molar-refractivity contribution is 8.00. The van der Waals surface area contributed by atoms with E-state index in [1.807, 2.05) is 48.5 Å². The van der Waals surface area contributed by atoms with E-state index in [0.29, 0.717) is 12.3 Å². The van der Waals surface area contributed by atoms with Crippen LogP contribution in [0.25, 0.3) is 11.0 Å². The van der Waals surface area contributed by atoms with Crippen LogP contribution in [0.5, 0.6) is 0 Å². The molecule has 1 atom stereocenters. The molecule has 0 radical (unpaired) electrons. The number of amides is 1. The summed E-state index contributed by atoms with van der Waals surface area (Å²) < 4.78 is 1.75. The number of H-pyrrole nitrogens is 1. The highest BCUT2D eigenvalue weighted by atomic mass is 32.2. The van der Waals surface area contributed by atoms with Gasteiger partial charge in [-0.05, 0) is 36.8 Å². The number of thioether (sulfide) groups is 1.